The van der Waals surface area contributed by atoms with Crippen molar-refractivity contribution in [1.82, 2.24) is 9.88 Å². The van der Waals surface area contributed by atoms with Crippen molar-refractivity contribution in [2.45, 2.75) is 24.4 Å². The predicted octanol–water partition coefficient (Wildman–Crippen LogP) is 2.06. The zero-order chi connectivity index (χ0) is 25.9. The summed E-state index contributed by atoms with van der Waals surface area (Å²) in [4.78, 5) is 40.0. The predicted molar refractivity (Wildman–Crippen MR) is 124 cm³/mol. The van der Waals surface area contributed by atoms with Crippen molar-refractivity contribution in [1.29, 1.82) is 0 Å². The molecule has 186 valence electrons. The maximum Gasteiger partial charge on any atom is 0.279 e. The molecule has 2 aromatic carbocycles. The zero-order valence-corrected chi connectivity index (χ0v) is 19.6. The molecule has 0 spiro atoms. The smallest absolute Gasteiger partial charge is 0.279 e. The highest BCUT2D eigenvalue weighted by Gasteiger charge is 2.42. The Balaban J connectivity index is 1.55. The molecule has 2 bridgehead atoms. The van der Waals surface area contributed by atoms with Crippen LogP contribution in [0.1, 0.15) is 38.0 Å². The van der Waals surface area contributed by atoms with Crippen LogP contribution >= 0.6 is 0 Å². The number of carbonyl (C=O) groups is 2. The molecule has 0 saturated heterocycles. The highest BCUT2D eigenvalue weighted by atomic mass is 32.2. The van der Waals surface area contributed by atoms with Crippen LogP contribution in [-0.4, -0.2) is 42.2 Å². The highest BCUT2D eigenvalue weighted by Crippen LogP contribution is 2.38. The van der Waals surface area contributed by atoms with Crippen LogP contribution in [0.15, 0.2) is 52.3 Å². The molecular weight excluding hydrogens is 496 g/mol. The summed E-state index contributed by atoms with van der Waals surface area (Å²) in [5.74, 6) is -5.10. The molecule has 0 saturated carbocycles. The maximum absolute atomic E-state index is 14.1. The van der Waals surface area contributed by atoms with E-state index in [0.29, 0.717) is 5.56 Å². The van der Waals surface area contributed by atoms with E-state index < -0.39 is 79.6 Å². The van der Waals surface area contributed by atoms with Gasteiger partial charge in [-0.25, -0.2) is 17.2 Å². The minimum Gasteiger partial charge on any atom is -0.503 e. The molecule has 0 radical (unpaired) electrons. The van der Waals surface area contributed by atoms with Crippen LogP contribution in [0.5, 0.6) is 5.75 Å². The molecule has 2 aliphatic rings. The Labute approximate surface area is 203 Å². The molecule has 1 atom stereocenters. The van der Waals surface area contributed by atoms with Crippen molar-refractivity contribution >= 4 is 27.3 Å². The number of amides is 2. The Morgan fingerprint density at radius 2 is 1.83 bits per heavy atom. The number of aromatic hydroxyl groups is 1. The van der Waals surface area contributed by atoms with E-state index in [1.807, 2.05) is 0 Å². The second-order valence-electron chi connectivity index (χ2n) is 8.68. The Morgan fingerprint density at radius 3 is 2.53 bits per heavy atom. The molecular formula is C24H19F2N3O6S. The Kier molecular flexibility index (Phi) is 5.43. The number of sulfone groups is 1. The summed E-state index contributed by atoms with van der Waals surface area (Å²) >= 11 is 0. The highest BCUT2D eigenvalue weighted by molar-refractivity contribution is 7.91. The normalized spacial score (nSPS) is 17.7. The summed E-state index contributed by atoms with van der Waals surface area (Å²) in [6.07, 6.45) is 1.000. The molecule has 0 aliphatic carbocycles. The van der Waals surface area contributed by atoms with E-state index in [0.717, 1.165) is 22.9 Å². The van der Waals surface area contributed by atoms with Crippen LogP contribution in [-0.2, 0) is 16.4 Å². The van der Waals surface area contributed by atoms with Crippen LogP contribution in [0, 0.1) is 18.6 Å². The van der Waals surface area contributed by atoms with Gasteiger partial charge in [-0.3, -0.25) is 14.4 Å². The summed E-state index contributed by atoms with van der Waals surface area (Å²) in [5, 5.41) is 12.9. The number of aryl methyl sites for hydroxylation is 1. The van der Waals surface area contributed by atoms with E-state index in [1.165, 1.54) is 30.0 Å². The summed E-state index contributed by atoms with van der Waals surface area (Å²) in [7, 11) is -3.87. The number of nitrogens with one attached hydrogen (secondary N) is 1. The molecule has 2 amide bonds. The number of benzene rings is 2. The standard InChI is InChI=1S/C24H19F2N3O6S/c1-12-6-16(25)14(17(26)7-12)8-27-23(32)15-10-28-13-9-29(24(33)20(28)22(31)21(15)30)18-4-2-3-5-19(18)36(34,35)11-13/h2-7,10,13,31H,8-9,11H2,1H3,(H,27,32)/t13-/m1/s1. The average Bonchev–Trinajstić information content (AvgIpc) is 2.91. The van der Waals surface area contributed by atoms with Crippen molar-refractivity contribution in [2.24, 2.45) is 0 Å². The summed E-state index contributed by atoms with van der Waals surface area (Å²) < 4.78 is 55.5. The number of fused-ring (bicyclic) bond motifs is 6. The minimum absolute atomic E-state index is 0.0591. The first-order valence-corrected chi connectivity index (χ1v) is 12.5. The molecule has 2 N–H and O–H groups in total. The lowest BCUT2D eigenvalue weighted by atomic mass is 10.1. The summed E-state index contributed by atoms with van der Waals surface area (Å²) in [5.41, 5.74) is -2.17. The summed E-state index contributed by atoms with van der Waals surface area (Å²) in [6.45, 7) is 0.837. The molecule has 5 rings (SSSR count). The van der Waals surface area contributed by atoms with Crippen molar-refractivity contribution in [3.05, 3.63) is 86.8 Å². The van der Waals surface area contributed by atoms with Gasteiger partial charge in [0.05, 0.1) is 22.4 Å². The number of hydrogen-bond donors (Lipinski definition) is 2. The van der Waals surface area contributed by atoms with E-state index in [1.54, 1.807) is 6.07 Å². The molecule has 36 heavy (non-hydrogen) atoms. The second-order valence-corrected chi connectivity index (χ2v) is 10.7. The van der Waals surface area contributed by atoms with E-state index >= 15 is 0 Å². The third-order valence-electron chi connectivity index (χ3n) is 6.30. The van der Waals surface area contributed by atoms with Gasteiger partial charge in [0.1, 0.15) is 17.2 Å². The molecule has 1 aromatic heterocycles. The van der Waals surface area contributed by atoms with Gasteiger partial charge in [0.15, 0.2) is 21.3 Å². The topological polar surface area (TPSA) is 126 Å². The van der Waals surface area contributed by atoms with Gasteiger partial charge in [0.25, 0.3) is 11.8 Å². The van der Waals surface area contributed by atoms with Crippen LogP contribution in [0.3, 0.4) is 0 Å². The van der Waals surface area contributed by atoms with Gasteiger partial charge in [0, 0.05) is 24.8 Å². The lowest BCUT2D eigenvalue weighted by molar-refractivity contribution is 0.0930. The largest absolute Gasteiger partial charge is 0.503 e. The van der Waals surface area contributed by atoms with Gasteiger partial charge >= 0.3 is 0 Å². The van der Waals surface area contributed by atoms with Crippen LogP contribution < -0.4 is 15.6 Å². The number of halogens is 2. The number of anilines is 1. The molecule has 0 unspecified atom stereocenters. The van der Waals surface area contributed by atoms with Crippen LogP contribution in [0.25, 0.3) is 0 Å². The fourth-order valence-corrected chi connectivity index (χ4v) is 6.31. The first-order valence-electron chi connectivity index (χ1n) is 10.8. The maximum atomic E-state index is 14.1. The van der Waals surface area contributed by atoms with E-state index in [4.69, 9.17) is 0 Å². The third kappa shape index (κ3) is 3.65. The average molecular weight is 515 g/mol. The fraction of sp³-hybridized carbons (Fsp3) is 0.208. The number of rotatable bonds is 3. The van der Waals surface area contributed by atoms with Gasteiger partial charge in [-0.05, 0) is 36.8 Å². The van der Waals surface area contributed by atoms with Crippen molar-refractivity contribution < 1.29 is 31.9 Å². The van der Waals surface area contributed by atoms with Crippen LogP contribution in [0.2, 0.25) is 0 Å². The molecule has 0 fully saturated rings. The second kappa shape index (κ2) is 8.26. The Hall–Kier alpha value is -4.06. The number of pyridine rings is 1. The Morgan fingerprint density at radius 1 is 1.17 bits per heavy atom. The molecule has 2 aliphatic heterocycles. The van der Waals surface area contributed by atoms with Gasteiger partial charge in [0.2, 0.25) is 5.43 Å². The quantitative estimate of drug-likeness (QED) is 0.550. The number of hydrogen-bond acceptors (Lipinski definition) is 6. The van der Waals surface area contributed by atoms with Crippen LogP contribution in [0.4, 0.5) is 14.5 Å². The lowest BCUT2D eigenvalue weighted by Gasteiger charge is -2.34. The Bertz CT molecular complexity index is 1610. The van der Waals surface area contributed by atoms with Gasteiger partial charge in [-0.15, -0.1) is 0 Å². The van der Waals surface area contributed by atoms with Crippen molar-refractivity contribution in [3.8, 4) is 5.75 Å². The number of carbonyl (C=O) groups excluding carboxylic acids is 2. The first-order chi connectivity index (χ1) is 17.0. The minimum atomic E-state index is -3.87. The molecule has 3 aromatic rings. The van der Waals surface area contributed by atoms with Crippen molar-refractivity contribution in [2.75, 3.05) is 17.2 Å². The van der Waals surface area contributed by atoms with Gasteiger partial charge < -0.3 is 19.9 Å². The van der Waals surface area contributed by atoms with Gasteiger partial charge in [-0.2, -0.15) is 0 Å². The van der Waals surface area contributed by atoms with E-state index in [2.05, 4.69) is 5.32 Å². The first kappa shape index (κ1) is 23.7. The third-order valence-corrected chi connectivity index (χ3v) is 8.14. The number of nitrogens with zero attached hydrogens (tertiary/aromatic N) is 2. The molecule has 12 heteroatoms. The molecule has 9 nitrogen and oxygen atoms in total. The van der Waals surface area contributed by atoms with E-state index in [9.17, 15) is 36.7 Å². The zero-order valence-electron chi connectivity index (χ0n) is 18.8. The molecule has 3 heterocycles. The monoisotopic (exact) mass is 515 g/mol. The van der Waals surface area contributed by atoms with Crippen molar-refractivity contribution in [3.63, 3.8) is 0 Å². The SMILES string of the molecule is Cc1cc(F)c(CNC(=O)c2cn3c(c(O)c2=O)C(=O)N2C[C@@H]3CS(=O)(=O)c3ccccc32)c(F)c1. The summed E-state index contributed by atoms with van der Waals surface area (Å²) in [6, 6.07) is 7.18. The number of para-hydroxylation sites is 1. The fourth-order valence-electron chi connectivity index (χ4n) is 4.58. The lowest BCUT2D eigenvalue weighted by Crippen LogP contribution is -2.45. The van der Waals surface area contributed by atoms with E-state index in [-0.39, 0.29) is 17.1 Å². The van der Waals surface area contributed by atoms with Gasteiger partial charge in [-0.1, -0.05) is 12.1 Å². The number of aromatic nitrogens is 1.